The van der Waals surface area contributed by atoms with E-state index in [4.69, 9.17) is 10.5 Å². The van der Waals surface area contributed by atoms with Gasteiger partial charge in [-0.2, -0.15) is 0 Å². The van der Waals surface area contributed by atoms with Gasteiger partial charge in [-0.1, -0.05) is 0 Å². The zero-order valence-corrected chi connectivity index (χ0v) is 10.6. The maximum Gasteiger partial charge on any atom is 0.151 e. The molecule has 0 spiro atoms. The Morgan fingerprint density at radius 1 is 1.29 bits per heavy atom. The van der Waals surface area contributed by atoms with E-state index in [2.05, 4.69) is 18.0 Å². The number of aryl methyl sites for hydroxylation is 1. The number of nitrogens with one attached hydrogen (secondary N) is 1. The van der Waals surface area contributed by atoms with E-state index in [1.807, 2.05) is 6.92 Å². The first-order chi connectivity index (χ1) is 8.13. The van der Waals surface area contributed by atoms with Crippen molar-refractivity contribution in [2.45, 2.75) is 32.6 Å². The van der Waals surface area contributed by atoms with Crippen LogP contribution in [0.5, 0.6) is 5.75 Å². The lowest BCUT2D eigenvalue weighted by Crippen LogP contribution is -1.98. The van der Waals surface area contributed by atoms with Gasteiger partial charge in [0, 0.05) is 11.1 Å². The highest BCUT2D eigenvalue weighted by atomic mass is 16.5. The van der Waals surface area contributed by atoms with Crippen LogP contribution >= 0.6 is 0 Å². The Balaban J connectivity index is 2.35. The number of fused-ring (bicyclic) bond motifs is 1. The molecule has 1 aromatic heterocycles. The monoisotopic (exact) mass is 230 g/mol. The van der Waals surface area contributed by atoms with E-state index in [1.54, 1.807) is 7.11 Å². The number of aromatic nitrogens is 1. The zero-order chi connectivity index (χ0) is 12.2. The molecule has 3 rings (SSSR count). The topological polar surface area (TPSA) is 51.0 Å². The van der Waals surface area contributed by atoms with Gasteiger partial charge in [-0.25, -0.2) is 0 Å². The van der Waals surface area contributed by atoms with Crippen LogP contribution in [0.3, 0.4) is 0 Å². The minimum atomic E-state index is 0.716. The molecule has 1 heterocycles. The average molecular weight is 230 g/mol. The molecule has 1 saturated carbocycles. The summed E-state index contributed by atoms with van der Waals surface area (Å²) in [4.78, 5) is 3.53. The van der Waals surface area contributed by atoms with E-state index in [1.165, 1.54) is 29.6 Å². The van der Waals surface area contributed by atoms with Crippen LogP contribution in [0, 0.1) is 13.8 Å². The fraction of sp³-hybridized carbons (Fsp3) is 0.429. The molecule has 0 unspecified atom stereocenters. The van der Waals surface area contributed by atoms with Crippen molar-refractivity contribution in [1.29, 1.82) is 0 Å². The summed E-state index contributed by atoms with van der Waals surface area (Å²) in [5, 5.41) is 1.12. The van der Waals surface area contributed by atoms with Crippen LogP contribution in [-0.2, 0) is 0 Å². The molecule has 3 N–H and O–H groups in total. The molecule has 0 saturated heterocycles. The van der Waals surface area contributed by atoms with Gasteiger partial charge in [0.2, 0.25) is 0 Å². The first-order valence-electron chi connectivity index (χ1n) is 6.08. The van der Waals surface area contributed by atoms with Crippen LogP contribution in [0.15, 0.2) is 6.07 Å². The summed E-state index contributed by atoms with van der Waals surface area (Å²) in [5.74, 6) is 1.53. The highest BCUT2D eigenvalue weighted by Crippen LogP contribution is 2.44. The van der Waals surface area contributed by atoms with Crippen molar-refractivity contribution in [1.82, 2.24) is 4.98 Å². The minimum Gasteiger partial charge on any atom is -0.494 e. The van der Waals surface area contributed by atoms with Crippen LogP contribution in [0.2, 0.25) is 0 Å². The Morgan fingerprint density at radius 2 is 2.00 bits per heavy atom. The predicted molar refractivity (Wildman–Crippen MR) is 70.7 cm³/mol. The molecule has 1 aromatic carbocycles. The van der Waals surface area contributed by atoms with Gasteiger partial charge < -0.3 is 15.5 Å². The maximum absolute atomic E-state index is 6.12. The Kier molecular flexibility index (Phi) is 2.12. The van der Waals surface area contributed by atoms with Crippen molar-refractivity contribution in [3.63, 3.8) is 0 Å². The quantitative estimate of drug-likeness (QED) is 0.778. The Labute approximate surface area is 101 Å². The molecule has 1 aliphatic rings. The van der Waals surface area contributed by atoms with E-state index in [-0.39, 0.29) is 0 Å². The third-order valence-corrected chi connectivity index (χ3v) is 3.89. The van der Waals surface area contributed by atoms with Crippen molar-refractivity contribution in [3.05, 3.63) is 22.9 Å². The molecule has 0 bridgehead atoms. The SMILES string of the molecule is COc1c(N)c(C)c(C)c2[nH]c(C3CC3)cc12. The summed E-state index contributed by atoms with van der Waals surface area (Å²) >= 11 is 0. The summed E-state index contributed by atoms with van der Waals surface area (Å²) in [7, 11) is 1.68. The van der Waals surface area contributed by atoms with Crippen molar-refractivity contribution >= 4 is 16.6 Å². The average Bonchev–Trinajstić information content (AvgIpc) is 3.08. The molecule has 90 valence electrons. The molecular weight excluding hydrogens is 212 g/mol. The molecule has 0 radical (unpaired) electrons. The number of rotatable bonds is 2. The molecule has 0 atom stereocenters. The van der Waals surface area contributed by atoms with E-state index >= 15 is 0 Å². The van der Waals surface area contributed by atoms with E-state index < -0.39 is 0 Å². The van der Waals surface area contributed by atoms with Crippen LogP contribution in [0.25, 0.3) is 10.9 Å². The number of benzene rings is 1. The summed E-state index contributed by atoms with van der Waals surface area (Å²) in [6.07, 6.45) is 2.59. The fourth-order valence-electron chi connectivity index (χ4n) is 2.49. The number of aromatic amines is 1. The van der Waals surface area contributed by atoms with Crippen LogP contribution in [0.1, 0.15) is 35.6 Å². The number of anilines is 1. The molecule has 1 fully saturated rings. The number of hydrogen-bond donors (Lipinski definition) is 2. The van der Waals surface area contributed by atoms with Gasteiger partial charge in [0.05, 0.1) is 18.3 Å². The number of nitrogen functional groups attached to an aromatic ring is 1. The molecule has 17 heavy (non-hydrogen) atoms. The van der Waals surface area contributed by atoms with Crippen LogP contribution in [-0.4, -0.2) is 12.1 Å². The predicted octanol–water partition coefficient (Wildman–Crippen LogP) is 3.25. The molecule has 3 nitrogen and oxygen atoms in total. The van der Waals surface area contributed by atoms with Gasteiger partial charge in [-0.05, 0) is 49.8 Å². The largest absolute Gasteiger partial charge is 0.494 e. The van der Waals surface area contributed by atoms with Gasteiger partial charge >= 0.3 is 0 Å². The second kappa shape index (κ2) is 3.42. The zero-order valence-electron chi connectivity index (χ0n) is 10.6. The van der Waals surface area contributed by atoms with E-state index in [0.717, 1.165) is 22.4 Å². The van der Waals surface area contributed by atoms with Crippen LogP contribution in [0.4, 0.5) is 5.69 Å². The molecule has 0 amide bonds. The highest BCUT2D eigenvalue weighted by Gasteiger charge is 2.26. The second-order valence-electron chi connectivity index (χ2n) is 4.98. The third-order valence-electron chi connectivity index (χ3n) is 3.89. The first-order valence-corrected chi connectivity index (χ1v) is 6.08. The summed E-state index contributed by atoms with van der Waals surface area (Å²) in [6, 6.07) is 2.20. The summed E-state index contributed by atoms with van der Waals surface area (Å²) < 4.78 is 5.46. The van der Waals surface area contributed by atoms with Gasteiger partial charge in [0.15, 0.2) is 5.75 Å². The van der Waals surface area contributed by atoms with Crippen molar-refractivity contribution in [2.75, 3.05) is 12.8 Å². The standard InChI is InChI=1S/C14H18N2O/c1-7-8(2)13-10(14(17-3)12(7)15)6-11(16-13)9-4-5-9/h6,9,16H,4-5,15H2,1-3H3. The lowest BCUT2D eigenvalue weighted by molar-refractivity contribution is 0.421. The number of ether oxygens (including phenoxy) is 1. The molecule has 3 heteroatoms. The van der Waals surface area contributed by atoms with Crippen molar-refractivity contribution < 1.29 is 4.74 Å². The third kappa shape index (κ3) is 1.42. The molecule has 1 aliphatic carbocycles. The first kappa shape index (κ1) is 10.5. The van der Waals surface area contributed by atoms with Gasteiger partial charge in [0.1, 0.15) is 0 Å². The number of methoxy groups -OCH3 is 1. The smallest absolute Gasteiger partial charge is 0.151 e. The summed E-state index contributed by atoms with van der Waals surface area (Å²) in [5.41, 5.74) is 11.7. The van der Waals surface area contributed by atoms with E-state index in [9.17, 15) is 0 Å². The van der Waals surface area contributed by atoms with E-state index in [0.29, 0.717) is 5.92 Å². The number of nitrogens with two attached hydrogens (primary N) is 1. The van der Waals surface area contributed by atoms with Gasteiger partial charge in [0.25, 0.3) is 0 Å². The Morgan fingerprint density at radius 3 is 2.59 bits per heavy atom. The van der Waals surface area contributed by atoms with Crippen LogP contribution < -0.4 is 10.5 Å². The molecule has 0 aliphatic heterocycles. The lowest BCUT2D eigenvalue weighted by Gasteiger charge is -2.12. The fourth-order valence-corrected chi connectivity index (χ4v) is 2.49. The molecular formula is C14H18N2O. The van der Waals surface area contributed by atoms with Gasteiger partial charge in [-0.15, -0.1) is 0 Å². The lowest BCUT2D eigenvalue weighted by atomic mass is 10.0. The normalized spacial score (nSPS) is 15.5. The number of H-pyrrole nitrogens is 1. The minimum absolute atomic E-state index is 0.716. The second-order valence-corrected chi connectivity index (χ2v) is 4.98. The maximum atomic E-state index is 6.12. The van der Waals surface area contributed by atoms with Crippen molar-refractivity contribution in [2.24, 2.45) is 0 Å². The summed E-state index contributed by atoms with van der Waals surface area (Å²) in [6.45, 7) is 4.16. The Bertz CT molecular complexity index is 594. The Hall–Kier alpha value is -1.64. The molecule has 2 aromatic rings. The number of hydrogen-bond acceptors (Lipinski definition) is 2. The highest BCUT2D eigenvalue weighted by molar-refractivity contribution is 5.96. The van der Waals surface area contributed by atoms with Gasteiger partial charge in [-0.3, -0.25) is 0 Å². The van der Waals surface area contributed by atoms with Crippen molar-refractivity contribution in [3.8, 4) is 5.75 Å².